The van der Waals surface area contributed by atoms with Crippen LogP contribution in [0, 0.1) is 12.7 Å². The molecular weight excluding hydrogens is 237 g/mol. The molecule has 2 heteroatoms. The summed E-state index contributed by atoms with van der Waals surface area (Å²) in [7, 11) is 0. The van der Waals surface area contributed by atoms with E-state index in [1.807, 2.05) is 6.07 Å². The van der Waals surface area contributed by atoms with Gasteiger partial charge in [-0.1, -0.05) is 42.0 Å². The summed E-state index contributed by atoms with van der Waals surface area (Å²) in [5, 5.41) is 3.50. The number of aryl methyl sites for hydroxylation is 1. The van der Waals surface area contributed by atoms with Gasteiger partial charge in [0.05, 0.1) is 0 Å². The van der Waals surface area contributed by atoms with Crippen molar-refractivity contribution in [3.05, 3.63) is 71.0 Å². The highest BCUT2D eigenvalue weighted by Crippen LogP contribution is 2.20. The summed E-state index contributed by atoms with van der Waals surface area (Å²) in [5.74, 6) is -0.186. The summed E-state index contributed by atoms with van der Waals surface area (Å²) in [6, 6.07) is 15.6. The highest BCUT2D eigenvalue weighted by atomic mass is 19.1. The fourth-order valence-electron chi connectivity index (χ4n) is 2.28. The lowest BCUT2D eigenvalue weighted by Crippen LogP contribution is -2.22. The first-order chi connectivity index (χ1) is 9.06. The molecule has 1 N–H and O–H groups in total. The quantitative estimate of drug-likeness (QED) is 0.847. The highest BCUT2D eigenvalue weighted by molar-refractivity contribution is 5.26. The van der Waals surface area contributed by atoms with Crippen molar-refractivity contribution in [2.75, 3.05) is 0 Å². The lowest BCUT2D eigenvalue weighted by atomic mass is 10.0. The van der Waals surface area contributed by atoms with Crippen LogP contribution in [0.15, 0.2) is 48.5 Å². The average Bonchev–Trinajstić information content (AvgIpc) is 2.38. The van der Waals surface area contributed by atoms with Gasteiger partial charge in [-0.3, -0.25) is 0 Å². The lowest BCUT2D eigenvalue weighted by Gasteiger charge is -2.21. The molecule has 2 atom stereocenters. The third-order valence-electron chi connectivity index (χ3n) is 3.39. The molecule has 100 valence electrons. The minimum absolute atomic E-state index is 0.117. The van der Waals surface area contributed by atoms with Crippen LogP contribution in [0.25, 0.3) is 0 Å². The Balaban J connectivity index is 2.08. The molecule has 0 radical (unpaired) electrons. The molecule has 0 saturated heterocycles. The summed E-state index contributed by atoms with van der Waals surface area (Å²) in [5.41, 5.74) is 3.48. The zero-order valence-corrected chi connectivity index (χ0v) is 11.7. The Labute approximate surface area is 114 Å². The predicted molar refractivity (Wildman–Crippen MR) is 77.5 cm³/mol. The minimum Gasteiger partial charge on any atom is -0.304 e. The molecule has 0 fully saturated rings. The molecule has 1 nitrogen and oxygen atoms in total. The zero-order chi connectivity index (χ0) is 13.8. The van der Waals surface area contributed by atoms with E-state index in [1.165, 1.54) is 17.2 Å². The SMILES string of the molecule is Cc1cccc(C(C)N[C@@H](C)c2cccc(F)c2)c1. The van der Waals surface area contributed by atoms with Crippen LogP contribution in [0.1, 0.15) is 42.6 Å². The van der Waals surface area contributed by atoms with E-state index in [1.54, 1.807) is 12.1 Å². The fraction of sp³-hybridized carbons (Fsp3) is 0.294. The predicted octanol–water partition coefficient (Wildman–Crippen LogP) is 4.55. The van der Waals surface area contributed by atoms with E-state index in [9.17, 15) is 4.39 Å². The lowest BCUT2D eigenvalue weighted by molar-refractivity contribution is 0.492. The van der Waals surface area contributed by atoms with Crippen LogP contribution in [0.3, 0.4) is 0 Å². The first-order valence-electron chi connectivity index (χ1n) is 6.64. The van der Waals surface area contributed by atoms with Crippen LogP contribution in [0.5, 0.6) is 0 Å². The third-order valence-corrected chi connectivity index (χ3v) is 3.39. The van der Waals surface area contributed by atoms with Gasteiger partial charge >= 0.3 is 0 Å². The molecule has 19 heavy (non-hydrogen) atoms. The van der Waals surface area contributed by atoms with Crippen molar-refractivity contribution < 1.29 is 4.39 Å². The second-order valence-electron chi connectivity index (χ2n) is 5.08. The summed E-state index contributed by atoms with van der Waals surface area (Å²) in [6.07, 6.45) is 0. The average molecular weight is 257 g/mol. The van der Waals surface area contributed by atoms with E-state index < -0.39 is 0 Å². The van der Waals surface area contributed by atoms with Gasteiger partial charge in [0.25, 0.3) is 0 Å². The largest absolute Gasteiger partial charge is 0.304 e. The Hall–Kier alpha value is -1.67. The van der Waals surface area contributed by atoms with Crippen molar-refractivity contribution in [1.29, 1.82) is 0 Å². The van der Waals surface area contributed by atoms with Gasteiger partial charge < -0.3 is 5.32 Å². The van der Waals surface area contributed by atoms with E-state index >= 15 is 0 Å². The molecule has 0 heterocycles. The van der Waals surface area contributed by atoms with Gasteiger partial charge in [0.2, 0.25) is 0 Å². The van der Waals surface area contributed by atoms with E-state index in [2.05, 4.69) is 50.4 Å². The Bertz CT molecular complexity index is 501. The second kappa shape index (κ2) is 5.98. The van der Waals surface area contributed by atoms with E-state index in [4.69, 9.17) is 0 Å². The molecule has 2 aromatic rings. The van der Waals surface area contributed by atoms with Crippen LogP contribution in [0.4, 0.5) is 4.39 Å². The maximum atomic E-state index is 13.2. The van der Waals surface area contributed by atoms with Gasteiger partial charge in [0.1, 0.15) is 5.82 Å². The Morgan fingerprint density at radius 2 is 1.47 bits per heavy atom. The summed E-state index contributed by atoms with van der Waals surface area (Å²) < 4.78 is 13.2. The van der Waals surface area contributed by atoms with Crippen molar-refractivity contribution in [3.8, 4) is 0 Å². The van der Waals surface area contributed by atoms with Gasteiger partial charge in [-0.15, -0.1) is 0 Å². The molecule has 0 aromatic heterocycles. The molecule has 2 aromatic carbocycles. The summed E-state index contributed by atoms with van der Waals surface area (Å²) in [4.78, 5) is 0. The Morgan fingerprint density at radius 3 is 2.05 bits per heavy atom. The molecule has 0 spiro atoms. The molecule has 2 rings (SSSR count). The Kier molecular flexibility index (Phi) is 4.33. The fourth-order valence-corrected chi connectivity index (χ4v) is 2.28. The summed E-state index contributed by atoms with van der Waals surface area (Å²) >= 11 is 0. The monoisotopic (exact) mass is 257 g/mol. The van der Waals surface area contributed by atoms with Gasteiger partial charge in [-0.2, -0.15) is 0 Å². The van der Waals surface area contributed by atoms with E-state index in [0.29, 0.717) is 0 Å². The molecule has 0 amide bonds. The normalized spacial score (nSPS) is 14.1. The molecule has 0 bridgehead atoms. The third kappa shape index (κ3) is 3.65. The number of rotatable bonds is 4. The number of nitrogens with one attached hydrogen (secondary N) is 1. The molecule has 0 saturated carbocycles. The smallest absolute Gasteiger partial charge is 0.123 e. The first-order valence-corrected chi connectivity index (χ1v) is 6.64. The second-order valence-corrected chi connectivity index (χ2v) is 5.08. The van der Waals surface area contributed by atoms with Crippen molar-refractivity contribution in [1.82, 2.24) is 5.32 Å². The zero-order valence-electron chi connectivity index (χ0n) is 11.7. The Morgan fingerprint density at radius 1 is 0.895 bits per heavy atom. The van der Waals surface area contributed by atoms with Gasteiger partial charge in [-0.05, 0) is 44.0 Å². The topological polar surface area (TPSA) is 12.0 Å². The molecule has 1 unspecified atom stereocenters. The maximum Gasteiger partial charge on any atom is 0.123 e. The maximum absolute atomic E-state index is 13.2. The first kappa shape index (κ1) is 13.8. The van der Waals surface area contributed by atoms with Gasteiger partial charge in [-0.25, -0.2) is 4.39 Å². The van der Waals surface area contributed by atoms with Crippen molar-refractivity contribution in [2.24, 2.45) is 0 Å². The van der Waals surface area contributed by atoms with E-state index in [-0.39, 0.29) is 17.9 Å². The number of hydrogen-bond acceptors (Lipinski definition) is 1. The van der Waals surface area contributed by atoms with Crippen LogP contribution < -0.4 is 5.32 Å². The van der Waals surface area contributed by atoms with Crippen LogP contribution in [0.2, 0.25) is 0 Å². The molecule has 0 aliphatic rings. The summed E-state index contributed by atoms with van der Waals surface area (Å²) in [6.45, 7) is 6.28. The minimum atomic E-state index is -0.186. The van der Waals surface area contributed by atoms with Crippen molar-refractivity contribution in [2.45, 2.75) is 32.9 Å². The van der Waals surface area contributed by atoms with Crippen LogP contribution in [-0.2, 0) is 0 Å². The van der Waals surface area contributed by atoms with Gasteiger partial charge in [0, 0.05) is 12.1 Å². The van der Waals surface area contributed by atoms with Crippen molar-refractivity contribution >= 4 is 0 Å². The standard InChI is InChI=1S/C17H20FN/c1-12-6-4-7-15(10-12)13(2)19-14(3)16-8-5-9-17(18)11-16/h4-11,13-14,19H,1-3H3/t13?,14-/m0/s1. The number of benzene rings is 2. The van der Waals surface area contributed by atoms with Crippen molar-refractivity contribution in [3.63, 3.8) is 0 Å². The van der Waals surface area contributed by atoms with Crippen LogP contribution in [-0.4, -0.2) is 0 Å². The molecule has 0 aliphatic carbocycles. The van der Waals surface area contributed by atoms with Crippen LogP contribution >= 0.6 is 0 Å². The van der Waals surface area contributed by atoms with Gasteiger partial charge in [0.15, 0.2) is 0 Å². The number of halogens is 1. The highest BCUT2D eigenvalue weighted by Gasteiger charge is 2.11. The number of hydrogen-bond donors (Lipinski definition) is 1. The molecular formula is C17H20FN. The van der Waals surface area contributed by atoms with E-state index in [0.717, 1.165) is 5.56 Å². The molecule has 0 aliphatic heterocycles.